The second-order valence-corrected chi connectivity index (χ2v) is 16.1. The first-order valence-electron chi connectivity index (χ1n) is 13.4. The third kappa shape index (κ3) is 5.53. The predicted octanol–water partition coefficient (Wildman–Crippen LogP) is 8.15. The second-order valence-electron chi connectivity index (χ2n) is 11.3. The minimum Gasteiger partial charge on any atom is -0.414 e. The van der Waals surface area contributed by atoms with Crippen LogP contribution >= 0.6 is 0 Å². The van der Waals surface area contributed by atoms with Crippen LogP contribution in [0.15, 0.2) is 103 Å². The van der Waals surface area contributed by atoms with Gasteiger partial charge in [0.05, 0.1) is 13.2 Å². The van der Waals surface area contributed by atoms with Crippen LogP contribution in [0.2, 0.25) is 18.1 Å². The van der Waals surface area contributed by atoms with E-state index in [1.54, 1.807) is 0 Å². The molecule has 0 saturated heterocycles. The van der Waals surface area contributed by atoms with E-state index in [1.165, 1.54) is 17.0 Å². The summed E-state index contributed by atoms with van der Waals surface area (Å²) in [5.74, 6) is -4.00. The molecule has 1 heterocycles. The Bertz CT molecular complexity index is 1260. The Morgan fingerprint density at radius 2 is 1.23 bits per heavy atom. The molecule has 0 spiro atoms. The lowest BCUT2D eigenvalue weighted by atomic mass is 9.76. The Labute approximate surface area is 235 Å². The van der Waals surface area contributed by atoms with Crippen molar-refractivity contribution in [2.45, 2.75) is 56.7 Å². The molecule has 1 unspecified atom stereocenters. The van der Waals surface area contributed by atoms with Crippen LogP contribution in [0.3, 0.4) is 0 Å². The number of aromatic nitrogens is 2. The molecule has 0 aliphatic rings. The van der Waals surface area contributed by atoms with Gasteiger partial charge >= 0.3 is 12.3 Å². The van der Waals surface area contributed by atoms with E-state index in [9.17, 15) is 8.78 Å². The number of benzene rings is 3. The van der Waals surface area contributed by atoms with Gasteiger partial charge in [0.2, 0.25) is 0 Å². The van der Waals surface area contributed by atoms with Gasteiger partial charge in [0.15, 0.2) is 14.1 Å². The van der Waals surface area contributed by atoms with E-state index in [0.29, 0.717) is 0 Å². The molecule has 0 fully saturated rings. The Balaban J connectivity index is 1.85. The first kappa shape index (κ1) is 29.8. The van der Waals surface area contributed by atoms with Crippen molar-refractivity contribution in [3.8, 4) is 0 Å². The number of alkyl halides is 3. The molecule has 0 aliphatic carbocycles. The number of nitrogens with zero attached hydrogens (tertiary/aromatic N) is 2. The molecule has 40 heavy (non-hydrogen) atoms. The minimum atomic E-state index is -3.50. The summed E-state index contributed by atoms with van der Waals surface area (Å²) in [5, 5.41) is -0.0839. The largest absolute Gasteiger partial charge is 0.414 e. The highest BCUT2D eigenvalue weighted by molar-refractivity contribution is 6.74. The van der Waals surface area contributed by atoms with E-state index in [-0.39, 0.29) is 18.3 Å². The summed E-state index contributed by atoms with van der Waals surface area (Å²) in [6.45, 7) is 9.96. The van der Waals surface area contributed by atoms with E-state index >= 15 is 4.39 Å². The Morgan fingerprint density at radius 1 is 0.775 bits per heavy atom. The maximum atomic E-state index is 16.6. The van der Waals surface area contributed by atoms with Gasteiger partial charge in [0.25, 0.3) is 0 Å². The van der Waals surface area contributed by atoms with E-state index in [2.05, 4.69) is 25.8 Å². The monoisotopic (exact) mass is 566 g/mol. The SMILES string of the molecule is CC(C)(C)[Si](C)(C)OCCOC(F)(c1nccn1C(c1ccccc1)(c1ccccc1)c1ccccc1)C(F)F. The predicted molar refractivity (Wildman–Crippen MR) is 155 cm³/mol. The Hall–Kier alpha value is -3.20. The molecule has 0 N–H and O–H groups in total. The van der Waals surface area contributed by atoms with Gasteiger partial charge in [-0.3, -0.25) is 0 Å². The van der Waals surface area contributed by atoms with E-state index < -0.39 is 32.0 Å². The van der Waals surface area contributed by atoms with Crippen LogP contribution in [-0.4, -0.2) is 37.5 Å². The topological polar surface area (TPSA) is 36.3 Å². The lowest BCUT2D eigenvalue weighted by Crippen LogP contribution is -2.45. The van der Waals surface area contributed by atoms with Crippen molar-refractivity contribution >= 4 is 8.32 Å². The van der Waals surface area contributed by atoms with Gasteiger partial charge in [-0.25, -0.2) is 13.8 Å². The lowest BCUT2D eigenvalue weighted by molar-refractivity contribution is -0.239. The van der Waals surface area contributed by atoms with Gasteiger partial charge in [-0.05, 0) is 34.8 Å². The number of imidazole rings is 1. The molecular formula is C32H37F3N2O2Si. The molecule has 4 aromatic rings. The first-order valence-corrected chi connectivity index (χ1v) is 16.3. The third-order valence-corrected chi connectivity index (χ3v) is 12.4. The molecule has 4 nitrogen and oxygen atoms in total. The molecule has 3 aromatic carbocycles. The summed E-state index contributed by atoms with van der Waals surface area (Å²) >= 11 is 0. The van der Waals surface area contributed by atoms with Crippen molar-refractivity contribution in [1.82, 2.24) is 9.55 Å². The van der Waals surface area contributed by atoms with Gasteiger partial charge in [0, 0.05) is 12.4 Å². The zero-order valence-electron chi connectivity index (χ0n) is 23.7. The summed E-state index contributed by atoms with van der Waals surface area (Å²) in [5.41, 5.74) is 1.04. The lowest BCUT2D eigenvalue weighted by Gasteiger charge is -2.40. The third-order valence-electron chi connectivity index (χ3n) is 7.83. The highest BCUT2D eigenvalue weighted by Gasteiger charge is 2.52. The first-order chi connectivity index (χ1) is 18.9. The molecule has 0 radical (unpaired) electrons. The second kappa shape index (κ2) is 11.7. The molecule has 0 bridgehead atoms. The zero-order valence-corrected chi connectivity index (χ0v) is 24.7. The quantitative estimate of drug-likeness (QED) is 0.104. The number of halogens is 3. The van der Waals surface area contributed by atoms with Crippen molar-refractivity contribution in [3.63, 3.8) is 0 Å². The Morgan fingerprint density at radius 3 is 1.62 bits per heavy atom. The van der Waals surface area contributed by atoms with Crippen LogP contribution in [0.5, 0.6) is 0 Å². The fourth-order valence-electron chi connectivity index (χ4n) is 4.71. The maximum Gasteiger partial charge on any atom is 0.329 e. The molecular weight excluding hydrogens is 529 g/mol. The number of hydrogen-bond acceptors (Lipinski definition) is 3. The van der Waals surface area contributed by atoms with Gasteiger partial charge in [-0.15, -0.1) is 0 Å². The maximum absolute atomic E-state index is 16.6. The summed E-state index contributed by atoms with van der Waals surface area (Å²) in [6.07, 6.45) is -0.624. The van der Waals surface area contributed by atoms with Gasteiger partial charge < -0.3 is 13.7 Å². The fourth-order valence-corrected chi connectivity index (χ4v) is 5.74. The van der Waals surface area contributed by atoms with Crippen molar-refractivity contribution in [2.24, 2.45) is 0 Å². The fraction of sp³-hybridized carbons (Fsp3) is 0.344. The number of hydrogen-bond donors (Lipinski definition) is 0. The molecule has 1 atom stereocenters. The van der Waals surface area contributed by atoms with Crippen molar-refractivity contribution in [3.05, 3.63) is 126 Å². The highest BCUT2D eigenvalue weighted by Crippen LogP contribution is 2.45. The summed E-state index contributed by atoms with van der Waals surface area (Å²) in [4.78, 5) is 4.17. The van der Waals surface area contributed by atoms with Crippen molar-refractivity contribution in [2.75, 3.05) is 13.2 Å². The molecule has 0 saturated carbocycles. The average molecular weight is 567 g/mol. The van der Waals surface area contributed by atoms with Gasteiger partial charge in [-0.2, -0.15) is 4.39 Å². The van der Waals surface area contributed by atoms with Crippen molar-refractivity contribution in [1.29, 1.82) is 0 Å². The molecule has 212 valence electrons. The van der Waals surface area contributed by atoms with Gasteiger partial charge in [-0.1, -0.05) is 112 Å². The zero-order chi connectivity index (χ0) is 29.0. The molecule has 4 rings (SSSR count). The van der Waals surface area contributed by atoms with E-state index in [0.717, 1.165) is 16.7 Å². The summed E-state index contributed by atoms with van der Waals surface area (Å²) in [6, 6.07) is 28.3. The van der Waals surface area contributed by atoms with Crippen LogP contribution in [0.4, 0.5) is 13.2 Å². The van der Waals surface area contributed by atoms with E-state index in [4.69, 9.17) is 9.16 Å². The minimum absolute atomic E-state index is 0.00319. The highest BCUT2D eigenvalue weighted by atomic mass is 28.4. The van der Waals surface area contributed by atoms with Crippen molar-refractivity contribution < 1.29 is 22.3 Å². The van der Waals surface area contributed by atoms with Crippen LogP contribution in [0, 0.1) is 0 Å². The smallest absolute Gasteiger partial charge is 0.329 e. The van der Waals surface area contributed by atoms with Crippen LogP contribution in [0.1, 0.15) is 43.3 Å². The molecule has 0 amide bonds. The molecule has 8 heteroatoms. The Kier molecular flexibility index (Phi) is 8.73. The average Bonchev–Trinajstić information content (AvgIpc) is 3.43. The number of rotatable bonds is 11. The molecule has 0 aliphatic heterocycles. The van der Waals surface area contributed by atoms with Gasteiger partial charge in [0.1, 0.15) is 5.54 Å². The number of ether oxygens (including phenoxy) is 1. The standard InChI is InChI=1S/C32H37F3N2O2Si/c1-30(2,3)40(4,5)39-24-23-38-32(35,28(33)34)29-36-21-22-37(29)31(25-15-9-6-10-16-25,26-17-11-7-12-18-26)27-19-13-8-14-20-27/h6-22,28H,23-24H2,1-5H3. The summed E-state index contributed by atoms with van der Waals surface area (Å²) < 4.78 is 58.9. The van der Waals surface area contributed by atoms with Crippen LogP contribution in [-0.2, 0) is 20.6 Å². The molecule has 1 aromatic heterocycles. The van der Waals surface area contributed by atoms with E-state index in [1.807, 2.05) is 104 Å². The summed E-state index contributed by atoms with van der Waals surface area (Å²) in [7, 11) is -2.18. The normalized spacial score (nSPS) is 14.3. The van der Waals surface area contributed by atoms with Crippen LogP contribution < -0.4 is 0 Å². The van der Waals surface area contributed by atoms with Crippen LogP contribution in [0.25, 0.3) is 0 Å².